The van der Waals surface area contributed by atoms with Crippen LogP contribution in [-0.4, -0.2) is 25.8 Å². The molecule has 0 fully saturated rings. The van der Waals surface area contributed by atoms with Crippen molar-refractivity contribution in [1.82, 2.24) is 25.3 Å². The Morgan fingerprint density at radius 1 is 1.38 bits per heavy atom. The summed E-state index contributed by atoms with van der Waals surface area (Å²) in [7, 11) is 0. The molecule has 24 heavy (non-hydrogen) atoms. The number of rotatable bonds is 4. The zero-order chi connectivity index (χ0) is 17.1. The Balaban J connectivity index is 1.79. The Bertz CT molecular complexity index is 919. The standard InChI is InChI=1S/C16H15N5O2S/c1-9-8-24-16(19-9)10(2)20-14(22)12-7-18-13(21-15(12)23)11-4-3-5-17-6-11/h3-8,10H,1-2H3,(H,20,22)(H,18,21,23). The van der Waals surface area contributed by atoms with Gasteiger partial charge in [0.15, 0.2) is 0 Å². The van der Waals surface area contributed by atoms with Crippen molar-refractivity contribution in [2.24, 2.45) is 0 Å². The number of carbonyl (C=O) groups is 1. The summed E-state index contributed by atoms with van der Waals surface area (Å²) in [5.74, 6) is -0.116. The summed E-state index contributed by atoms with van der Waals surface area (Å²) in [5.41, 5.74) is 1.04. The van der Waals surface area contributed by atoms with Crippen molar-refractivity contribution >= 4 is 17.2 Å². The first-order valence-electron chi connectivity index (χ1n) is 7.27. The van der Waals surface area contributed by atoms with E-state index in [1.807, 2.05) is 19.2 Å². The first-order chi connectivity index (χ1) is 11.5. The van der Waals surface area contributed by atoms with Crippen LogP contribution in [-0.2, 0) is 0 Å². The van der Waals surface area contributed by atoms with E-state index in [-0.39, 0.29) is 11.6 Å². The highest BCUT2D eigenvalue weighted by molar-refractivity contribution is 7.09. The molecule has 1 unspecified atom stereocenters. The predicted molar refractivity (Wildman–Crippen MR) is 90.8 cm³/mol. The Morgan fingerprint density at radius 2 is 2.21 bits per heavy atom. The molecule has 122 valence electrons. The van der Waals surface area contributed by atoms with Crippen molar-refractivity contribution in [2.45, 2.75) is 19.9 Å². The Morgan fingerprint density at radius 3 is 2.83 bits per heavy atom. The molecule has 1 amide bonds. The fraction of sp³-hybridized carbons (Fsp3) is 0.188. The lowest BCUT2D eigenvalue weighted by molar-refractivity contribution is 0.0938. The van der Waals surface area contributed by atoms with Gasteiger partial charge in [-0.25, -0.2) is 9.97 Å². The third-order valence-corrected chi connectivity index (χ3v) is 4.48. The Kier molecular flexibility index (Phi) is 4.48. The topological polar surface area (TPSA) is 101 Å². The fourth-order valence-electron chi connectivity index (χ4n) is 2.11. The van der Waals surface area contributed by atoms with E-state index in [1.54, 1.807) is 24.5 Å². The lowest BCUT2D eigenvalue weighted by Crippen LogP contribution is -2.32. The van der Waals surface area contributed by atoms with Gasteiger partial charge >= 0.3 is 0 Å². The summed E-state index contributed by atoms with van der Waals surface area (Å²) in [4.78, 5) is 39.5. The van der Waals surface area contributed by atoms with Crippen LogP contribution in [0, 0.1) is 6.92 Å². The molecule has 3 heterocycles. The number of H-pyrrole nitrogens is 1. The molecule has 3 aromatic heterocycles. The highest BCUT2D eigenvalue weighted by Gasteiger charge is 2.17. The van der Waals surface area contributed by atoms with Gasteiger partial charge in [0.25, 0.3) is 11.5 Å². The lowest BCUT2D eigenvalue weighted by Gasteiger charge is -2.11. The van der Waals surface area contributed by atoms with Gasteiger partial charge < -0.3 is 10.3 Å². The molecule has 0 bridgehead atoms. The zero-order valence-electron chi connectivity index (χ0n) is 13.1. The summed E-state index contributed by atoms with van der Waals surface area (Å²) in [6.07, 6.45) is 4.49. The number of nitrogens with one attached hydrogen (secondary N) is 2. The van der Waals surface area contributed by atoms with Gasteiger partial charge in [-0.05, 0) is 26.0 Å². The van der Waals surface area contributed by atoms with Crippen LogP contribution in [0.15, 0.2) is 40.9 Å². The van der Waals surface area contributed by atoms with Crippen LogP contribution in [0.3, 0.4) is 0 Å². The molecule has 0 aliphatic carbocycles. The van der Waals surface area contributed by atoms with Gasteiger partial charge in [-0.15, -0.1) is 11.3 Å². The number of hydrogen-bond donors (Lipinski definition) is 2. The van der Waals surface area contributed by atoms with E-state index in [1.165, 1.54) is 17.5 Å². The minimum atomic E-state index is -0.496. The van der Waals surface area contributed by atoms with Crippen molar-refractivity contribution < 1.29 is 4.79 Å². The molecule has 1 atom stereocenters. The van der Waals surface area contributed by atoms with Crippen LogP contribution in [0.2, 0.25) is 0 Å². The monoisotopic (exact) mass is 341 g/mol. The minimum absolute atomic E-state index is 0.0391. The molecule has 3 rings (SSSR count). The summed E-state index contributed by atoms with van der Waals surface area (Å²) in [5, 5.41) is 5.46. The van der Waals surface area contributed by atoms with Crippen molar-refractivity contribution in [1.29, 1.82) is 0 Å². The molecule has 7 nitrogen and oxygen atoms in total. The molecule has 0 saturated heterocycles. The third kappa shape index (κ3) is 3.38. The van der Waals surface area contributed by atoms with E-state index in [0.717, 1.165) is 10.7 Å². The number of hydrogen-bond acceptors (Lipinski definition) is 6. The van der Waals surface area contributed by atoms with Gasteiger partial charge in [-0.2, -0.15) is 0 Å². The van der Waals surface area contributed by atoms with Gasteiger partial charge in [0.2, 0.25) is 0 Å². The van der Waals surface area contributed by atoms with Crippen LogP contribution < -0.4 is 10.9 Å². The number of carbonyl (C=O) groups excluding carboxylic acids is 1. The maximum atomic E-state index is 12.3. The van der Waals surface area contributed by atoms with Crippen LogP contribution in [0.4, 0.5) is 0 Å². The lowest BCUT2D eigenvalue weighted by atomic mass is 10.2. The van der Waals surface area contributed by atoms with Crippen molar-refractivity contribution in [3.63, 3.8) is 0 Å². The second kappa shape index (κ2) is 6.71. The first kappa shape index (κ1) is 16.0. The van der Waals surface area contributed by atoms with Gasteiger partial charge in [0.05, 0.1) is 6.04 Å². The molecule has 2 N–H and O–H groups in total. The van der Waals surface area contributed by atoms with E-state index in [4.69, 9.17) is 0 Å². The average Bonchev–Trinajstić information content (AvgIpc) is 3.02. The van der Waals surface area contributed by atoms with Crippen LogP contribution in [0.25, 0.3) is 11.4 Å². The largest absolute Gasteiger partial charge is 0.343 e. The average molecular weight is 341 g/mol. The van der Waals surface area contributed by atoms with Gasteiger partial charge in [-0.1, -0.05) is 0 Å². The molecule has 0 spiro atoms. The highest BCUT2D eigenvalue weighted by atomic mass is 32.1. The maximum Gasteiger partial charge on any atom is 0.264 e. The minimum Gasteiger partial charge on any atom is -0.343 e. The summed E-state index contributed by atoms with van der Waals surface area (Å²) in [6, 6.07) is 3.24. The van der Waals surface area contributed by atoms with E-state index in [0.29, 0.717) is 11.4 Å². The molecule has 3 aromatic rings. The van der Waals surface area contributed by atoms with E-state index in [9.17, 15) is 9.59 Å². The number of aryl methyl sites for hydroxylation is 1. The fourth-order valence-corrected chi connectivity index (χ4v) is 2.92. The quantitative estimate of drug-likeness (QED) is 0.757. The van der Waals surface area contributed by atoms with Gasteiger partial charge in [0.1, 0.15) is 16.4 Å². The molecule has 0 aliphatic heterocycles. The van der Waals surface area contributed by atoms with E-state index < -0.39 is 11.5 Å². The van der Waals surface area contributed by atoms with Crippen LogP contribution >= 0.6 is 11.3 Å². The third-order valence-electron chi connectivity index (χ3n) is 3.33. The second-order valence-corrected chi connectivity index (χ2v) is 6.13. The number of aromatic nitrogens is 4. The Labute approximate surface area is 141 Å². The SMILES string of the molecule is Cc1csc(C(C)NC(=O)c2cnc(-c3cccnc3)[nH]c2=O)n1. The van der Waals surface area contributed by atoms with Crippen LogP contribution in [0.1, 0.15) is 34.0 Å². The molecule has 0 aromatic carbocycles. The normalized spacial score (nSPS) is 11.9. The smallest absolute Gasteiger partial charge is 0.264 e. The number of pyridine rings is 1. The molecule has 0 radical (unpaired) electrons. The zero-order valence-corrected chi connectivity index (χ0v) is 13.9. The number of nitrogens with zero attached hydrogens (tertiary/aromatic N) is 3. The van der Waals surface area contributed by atoms with Gasteiger partial charge in [0, 0.05) is 35.2 Å². The summed E-state index contributed by atoms with van der Waals surface area (Å²) in [6.45, 7) is 3.71. The second-order valence-electron chi connectivity index (χ2n) is 5.24. The number of thiazole rings is 1. The first-order valence-corrected chi connectivity index (χ1v) is 8.15. The molecule has 0 saturated carbocycles. The highest BCUT2D eigenvalue weighted by Crippen LogP contribution is 2.17. The Hall–Kier alpha value is -2.87. The van der Waals surface area contributed by atoms with Crippen molar-refractivity contribution in [2.75, 3.05) is 0 Å². The van der Waals surface area contributed by atoms with Crippen molar-refractivity contribution in [3.8, 4) is 11.4 Å². The summed E-state index contributed by atoms with van der Waals surface area (Å²) < 4.78 is 0. The number of aromatic amines is 1. The predicted octanol–water partition coefficient (Wildman–Crippen LogP) is 2.09. The van der Waals surface area contributed by atoms with Crippen LogP contribution in [0.5, 0.6) is 0 Å². The van der Waals surface area contributed by atoms with E-state index >= 15 is 0 Å². The van der Waals surface area contributed by atoms with Crippen molar-refractivity contribution in [3.05, 3.63) is 62.7 Å². The van der Waals surface area contributed by atoms with E-state index in [2.05, 4.69) is 25.3 Å². The number of amides is 1. The molecular weight excluding hydrogens is 326 g/mol. The molecule has 8 heteroatoms. The molecule has 0 aliphatic rings. The maximum absolute atomic E-state index is 12.3. The summed E-state index contributed by atoms with van der Waals surface area (Å²) >= 11 is 1.46. The van der Waals surface area contributed by atoms with Gasteiger partial charge in [-0.3, -0.25) is 14.6 Å². The molecular formula is C16H15N5O2S.